The minimum Gasteiger partial charge on any atom is -0.330 e. The molecule has 0 bridgehead atoms. The number of nitrogens with zero attached hydrogens (tertiary/aromatic N) is 1. The molecule has 8 heteroatoms. The number of allylic oxidation sites excluding steroid dienone is 1. The lowest BCUT2D eigenvalue weighted by Crippen LogP contribution is -2.66. The maximum atomic E-state index is 14.6. The summed E-state index contributed by atoms with van der Waals surface area (Å²) in [5.74, 6) is -3.37. The van der Waals surface area contributed by atoms with Crippen LogP contribution in [-0.2, 0) is 20.9 Å². The first kappa shape index (κ1) is 21.6. The van der Waals surface area contributed by atoms with Crippen LogP contribution in [0, 0.1) is 5.92 Å². The lowest BCUT2D eigenvalue weighted by atomic mass is 9.80. The second-order valence-corrected chi connectivity index (χ2v) is 8.55. The number of carbonyl (C=O) groups is 3. The lowest BCUT2D eigenvalue weighted by Gasteiger charge is -2.35. The highest BCUT2D eigenvalue weighted by Crippen LogP contribution is 2.49. The second-order valence-electron chi connectivity index (χ2n) is 8.55. The number of hydrogen-bond donors (Lipinski definition) is 1. The molecule has 1 aromatic carbocycles. The maximum absolute atomic E-state index is 14.6. The SMILES string of the molecule is O=C1CCCC2=C1C(NC(=O)C1CCCCC1)(C(F)(F)F)C(=O)N2Cc1ccccc1. The highest BCUT2D eigenvalue weighted by molar-refractivity contribution is 6.13. The van der Waals surface area contributed by atoms with Crippen LogP contribution in [0.2, 0.25) is 0 Å². The Labute approximate surface area is 178 Å². The molecule has 0 spiro atoms. The van der Waals surface area contributed by atoms with Gasteiger partial charge in [0.1, 0.15) is 0 Å². The van der Waals surface area contributed by atoms with Crippen LogP contribution in [0.3, 0.4) is 0 Å². The lowest BCUT2D eigenvalue weighted by molar-refractivity contribution is -0.195. The number of halogens is 3. The van der Waals surface area contributed by atoms with Crippen LogP contribution >= 0.6 is 0 Å². The molecule has 31 heavy (non-hydrogen) atoms. The van der Waals surface area contributed by atoms with Crippen LogP contribution in [0.4, 0.5) is 13.2 Å². The zero-order chi connectivity index (χ0) is 22.2. The standard InChI is InChI=1S/C23H25F3N2O3/c24-23(25,26)22(27-20(30)16-10-5-2-6-11-16)19-17(12-7-13-18(19)29)28(21(22)31)14-15-8-3-1-4-9-15/h1,3-4,8-9,16H,2,5-7,10-14H2,(H,27,30). The van der Waals surface area contributed by atoms with Gasteiger partial charge in [-0.05, 0) is 31.2 Å². The Balaban J connectivity index is 1.77. The van der Waals surface area contributed by atoms with E-state index in [1.807, 2.05) is 0 Å². The number of ketones is 1. The van der Waals surface area contributed by atoms with E-state index in [0.717, 1.165) is 24.2 Å². The Morgan fingerprint density at radius 3 is 2.35 bits per heavy atom. The molecular formula is C23H25F3N2O3. The van der Waals surface area contributed by atoms with Gasteiger partial charge >= 0.3 is 6.18 Å². The number of rotatable bonds is 4. The van der Waals surface area contributed by atoms with E-state index >= 15 is 0 Å². The quantitative estimate of drug-likeness (QED) is 0.778. The molecule has 1 aromatic rings. The number of hydrogen-bond acceptors (Lipinski definition) is 3. The van der Waals surface area contributed by atoms with Crippen molar-refractivity contribution in [2.45, 2.75) is 69.6 Å². The van der Waals surface area contributed by atoms with E-state index in [4.69, 9.17) is 0 Å². The summed E-state index contributed by atoms with van der Waals surface area (Å²) in [5.41, 5.74) is -3.15. The van der Waals surface area contributed by atoms with Crippen molar-refractivity contribution in [3.05, 3.63) is 47.2 Å². The van der Waals surface area contributed by atoms with Crippen LogP contribution in [0.1, 0.15) is 56.9 Å². The topological polar surface area (TPSA) is 66.5 Å². The first-order valence-electron chi connectivity index (χ1n) is 10.8. The Morgan fingerprint density at radius 2 is 1.71 bits per heavy atom. The van der Waals surface area contributed by atoms with E-state index in [-0.39, 0.29) is 25.1 Å². The molecule has 1 aliphatic heterocycles. The van der Waals surface area contributed by atoms with E-state index in [1.165, 1.54) is 0 Å². The first-order chi connectivity index (χ1) is 14.8. The van der Waals surface area contributed by atoms with Crippen molar-refractivity contribution in [1.82, 2.24) is 10.2 Å². The van der Waals surface area contributed by atoms with E-state index in [2.05, 4.69) is 5.32 Å². The number of carbonyl (C=O) groups excluding carboxylic acids is 3. The van der Waals surface area contributed by atoms with Gasteiger partial charge < -0.3 is 10.2 Å². The molecule has 0 aromatic heterocycles. The van der Waals surface area contributed by atoms with Crippen molar-refractivity contribution >= 4 is 17.6 Å². The molecule has 0 saturated heterocycles. The average Bonchev–Trinajstić information content (AvgIpc) is 2.99. The fraction of sp³-hybridized carbons (Fsp3) is 0.522. The molecule has 4 rings (SSSR count). The van der Waals surface area contributed by atoms with Gasteiger partial charge in [-0.25, -0.2) is 0 Å². The third-order valence-electron chi connectivity index (χ3n) is 6.55. The van der Waals surface area contributed by atoms with E-state index in [0.29, 0.717) is 24.8 Å². The third-order valence-corrected chi connectivity index (χ3v) is 6.55. The molecule has 2 amide bonds. The number of amides is 2. The van der Waals surface area contributed by atoms with Crippen molar-refractivity contribution in [1.29, 1.82) is 0 Å². The average molecular weight is 434 g/mol. The molecule has 5 nitrogen and oxygen atoms in total. The minimum absolute atomic E-state index is 0.0670. The smallest absolute Gasteiger partial charge is 0.330 e. The van der Waals surface area contributed by atoms with Crippen LogP contribution < -0.4 is 5.32 Å². The number of alkyl halides is 3. The summed E-state index contributed by atoms with van der Waals surface area (Å²) in [6.45, 7) is -0.0804. The van der Waals surface area contributed by atoms with Crippen LogP contribution in [0.5, 0.6) is 0 Å². The second kappa shape index (κ2) is 8.13. The predicted octanol–water partition coefficient (Wildman–Crippen LogP) is 4.03. The largest absolute Gasteiger partial charge is 0.425 e. The van der Waals surface area contributed by atoms with Crippen molar-refractivity contribution in [2.75, 3.05) is 0 Å². The number of benzene rings is 1. The number of Topliss-reactive ketones (excluding diaryl/α,β-unsaturated/α-hetero) is 1. The third kappa shape index (κ3) is 3.66. The molecule has 1 unspecified atom stereocenters. The van der Waals surface area contributed by atoms with Crippen LogP contribution in [-0.4, -0.2) is 34.2 Å². The summed E-state index contributed by atoms with van der Waals surface area (Å²) < 4.78 is 43.8. The van der Waals surface area contributed by atoms with Gasteiger partial charge in [0.05, 0.1) is 12.1 Å². The molecule has 1 fully saturated rings. The summed E-state index contributed by atoms with van der Waals surface area (Å²) in [7, 11) is 0. The molecule has 1 saturated carbocycles. The molecule has 1 atom stereocenters. The summed E-state index contributed by atoms with van der Waals surface area (Å²) in [6.07, 6.45) is -1.20. The van der Waals surface area contributed by atoms with Gasteiger partial charge in [0.2, 0.25) is 11.4 Å². The summed E-state index contributed by atoms with van der Waals surface area (Å²) in [4.78, 5) is 40.1. The number of nitrogens with one attached hydrogen (secondary N) is 1. The van der Waals surface area contributed by atoms with Crippen molar-refractivity contribution in [3.63, 3.8) is 0 Å². The van der Waals surface area contributed by atoms with Gasteiger partial charge in [0.25, 0.3) is 5.91 Å². The first-order valence-corrected chi connectivity index (χ1v) is 10.8. The van der Waals surface area contributed by atoms with Gasteiger partial charge in [-0.3, -0.25) is 14.4 Å². The summed E-state index contributed by atoms with van der Waals surface area (Å²) in [5, 5.41) is 2.06. The van der Waals surface area contributed by atoms with Gasteiger partial charge in [-0.1, -0.05) is 49.6 Å². The molecule has 0 radical (unpaired) electrons. The van der Waals surface area contributed by atoms with Gasteiger partial charge in [-0.15, -0.1) is 0 Å². The molecule has 2 aliphatic carbocycles. The Bertz CT molecular complexity index is 920. The molecule has 166 valence electrons. The monoisotopic (exact) mass is 434 g/mol. The predicted molar refractivity (Wildman–Crippen MR) is 106 cm³/mol. The van der Waals surface area contributed by atoms with E-state index in [9.17, 15) is 27.6 Å². The highest BCUT2D eigenvalue weighted by atomic mass is 19.4. The van der Waals surface area contributed by atoms with Crippen molar-refractivity contribution < 1.29 is 27.6 Å². The van der Waals surface area contributed by atoms with Gasteiger partial charge in [0.15, 0.2) is 5.78 Å². The Kier molecular flexibility index (Phi) is 5.66. The molecule has 3 aliphatic rings. The van der Waals surface area contributed by atoms with E-state index in [1.54, 1.807) is 30.3 Å². The van der Waals surface area contributed by atoms with E-state index < -0.39 is 40.8 Å². The summed E-state index contributed by atoms with van der Waals surface area (Å²) in [6, 6.07) is 8.67. The minimum atomic E-state index is -5.13. The fourth-order valence-corrected chi connectivity index (χ4v) is 4.99. The summed E-state index contributed by atoms with van der Waals surface area (Å²) >= 11 is 0. The Hall–Kier alpha value is -2.64. The highest BCUT2D eigenvalue weighted by Gasteiger charge is 2.71. The normalized spacial score (nSPS) is 25.1. The fourth-order valence-electron chi connectivity index (χ4n) is 4.99. The van der Waals surface area contributed by atoms with Gasteiger partial charge in [0, 0.05) is 18.0 Å². The van der Waals surface area contributed by atoms with Gasteiger partial charge in [-0.2, -0.15) is 13.2 Å². The van der Waals surface area contributed by atoms with Crippen LogP contribution in [0.25, 0.3) is 0 Å². The van der Waals surface area contributed by atoms with Crippen LogP contribution in [0.15, 0.2) is 41.6 Å². The molecule has 1 N–H and O–H groups in total. The Morgan fingerprint density at radius 1 is 1.03 bits per heavy atom. The maximum Gasteiger partial charge on any atom is 0.425 e. The van der Waals surface area contributed by atoms with Crippen molar-refractivity contribution in [2.24, 2.45) is 5.92 Å². The zero-order valence-corrected chi connectivity index (χ0v) is 17.1. The zero-order valence-electron chi connectivity index (χ0n) is 17.1. The molecule has 1 heterocycles. The van der Waals surface area contributed by atoms with Crippen molar-refractivity contribution in [3.8, 4) is 0 Å². The molecular weight excluding hydrogens is 409 g/mol.